The van der Waals surface area contributed by atoms with Crippen LogP contribution in [0.1, 0.15) is 48.8 Å². The number of hydrogen-bond donors (Lipinski definition) is 2. The zero-order chi connectivity index (χ0) is 14.5. The Bertz CT molecular complexity index is 684. The third kappa shape index (κ3) is 1.73. The second-order valence-electron chi connectivity index (χ2n) is 5.82. The molecule has 1 aliphatic rings. The average molecular weight is 274 g/mol. The van der Waals surface area contributed by atoms with E-state index in [0.717, 1.165) is 24.2 Å². The molecule has 1 aromatic heterocycles. The third-order valence-corrected chi connectivity index (χ3v) is 4.05. The van der Waals surface area contributed by atoms with Crippen molar-refractivity contribution in [2.75, 3.05) is 6.61 Å². The number of carboxylic acid groups (broad SMARTS) is 1. The topological polar surface area (TPSA) is 75.3 Å². The lowest BCUT2D eigenvalue weighted by molar-refractivity contribution is 0.0699. The quantitative estimate of drug-likeness (QED) is 0.897. The van der Waals surface area contributed by atoms with Crippen LogP contribution in [-0.4, -0.2) is 32.3 Å². The van der Waals surface area contributed by atoms with Crippen LogP contribution < -0.4 is 0 Å². The SMILES string of the molecule is CC(C)c1nc2c(C(=O)O)cccc2n1C1(CO)CC1. The van der Waals surface area contributed by atoms with Crippen LogP contribution in [0, 0.1) is 0 Å². The number of aliphatic hydroxyl groups excluding tert-OH is 1. The molecular formula is C15H18N2O3. The number of rotatable bonds is 4. The van der Waals surface area contributed by atoms with Crippen LogP contribution in [0.25, 0.3) is 11.0 Å². The highest BCUT2D eigenvalue weighted by Crippen LogP contribution is 2.46. The maximum atomic E-state index is 11.3. The van der Waals surface area contributed by atoms with Gasteiger partial charge in [0.25, 0.3) is 0 Å². The van der Waals surface area contributed by atoms with Gasteiger partial charge in [-0.25, -0.2) is 9.78 Å². The standard InChI is InChI=1S/C15H18N2O3/c1-9(2)13-16-12-10(14(19)20)4-3-5-11(12)17(13)15(8-18)6-7-15/h3-5,9,18H,6-8H2,1-2H3,(H,19,20). The first-order valence-electron chi connectivity index (χ1n) is 6.86. The van der Waals surface area contributed by atoms with Crippen molar-refractivity contribution in [1.82, 2.24) is 9.55 Å². The number of nitrogens with zero attached hydrogens (tertiary/aromatic N) is 2. The molecule has 1 heterocycles. The van der Waals surface area contributed by atoms with Gasteiger partial charge in [-0.15, -0.1) is 0 Å². The highest BCUT2D eigenvalue weighted by molar-refractivity contribution is 6.01. The fraction of sp³-hybridized carbons (Fsp3) is 0.467. The van der Waals surface area contributed by atoms with E-state index in [9.17, 15) is 15.0 Å². The Morgan fingerprint density at radius 1 is 1.45 bits per heavy atom. The molecule has 1 saturated carbocycles. The molecule has 0 amide bonds. The number of hydrogen-bond acceptors (Lipinski definition) is 3. The molecule has 0 atom stereocenters. The Labute approximate surface area is 116 Å². The summed E-state index contributed by atoms with van der Waals surface area (Å²) in [4.78, 5) is 15.9. The number of benzene rings is 1. The third-order valence-electron chi connectivity index (χ3n) is 4.05. The lowest BCUT2D eigenvalue weighted by Crippen LogP contribution is -2.24. The first-order chi connectivity index (χ1) is 9.50. The number of aromatic carboxylic acids is 1. The summed E-state index contributed by atoms with van der Waals surface area (Å²) in [6, 6.07) is 5.20. The first-order valence-corrected chi connectivity index (χ1v) is 6.86. The molecule has 1 aliphatic carbocycles. The van der Waals surface area contributed by atoms with Crippen LogP contribution >= 0.6 is 0 Å². The van der Waals surface area contributed by atoms with E-state index < -0.39 is 5.97 Å². The van der Waals surface area contributed by atoms with Crippen LogP contribution in [0.15, 0.2) is 18.2 Å². The van der Waals surface area contributed by atoms with E-state index in [2.05, 4.69) is 9.55 Å². The van der Waals surface area contributed by atoms with Gasteiger partial charge in [-0.3, -0.25) is 0 Å². The number of fused-ring (bicyclic) bond motifs is 1. The predicted molar refractivity (Wildman–Crippen MR) is 75.1 cm³/mol. The molecule has 0 spiro atoms. The summed E-state index contributed by atoms with van der Waals surface area (Å²) in [6.07, 6.45) is 1.82. The molecule has 2 aromatic rings. The molecule has 1 aromatic carbocycles. The van der Waals surface area contributed by atoms with Gasteiger partial charge in [-0.05, 0) is 25.0 Å². The Balaban J connectivity index is 2.34. The van der Waals surface area contributed by atoms with E-state index in [4.69, 9.17) is 0 Å². The van der Waals surface area contributed by atoms with Crippen molar-refractivity contribution in [1.29, 1.82) is 0 Å². The second kappa shape index (κ2) is 4.31. The minimum Gasteiger partial charge on any atom is -0.478 e. The monoisotopic (exact) mass is 274 g/mol. The van der Waals surface area contributed by atoms with Crippen molar-refractivity contribution in [2.45, 2.75) is 38.1 Å². The van der Waals surface area contributed by atoms with Gasteiger partial charge in [-0.1, -0.05) is 19.9 Å². The van der Waals surface area contributed by atoms with Crippen molar-refractivity contribution in [3.8, 4) is 0 Å². The molecule has 2 N–H and O–H groups in total. The molecule has 0 aliphatic heterocycles. The Kier molecular flexibility index (Phi) is 2.83. The molecular weight excluding hydrogens is 256 g/mol. The van der Waals surface area contributed by atoms with Gasteiger partial charge >= 0.3 is 5.97 Å². The summed E-state index contributed by atoms with van der Waals surface area (Å²) in [5.41, 5.74) is 1.26. The van der Waals surface area contributed by atoms with Gasteiger partial charge < -0.3 is 14.8 Å². The summed E-state index contributed by atoms with van der Waals surface area (Å²) in [5.74, 6) is 0.0534. The first kappa shape index (κ1) is 13.1. The summed E-state index contributed by atoms with van der Waals surface area (Å²) in [5, 5.41) is 19.0. The molecule has 0 saturated heterocycles. The van der Waals surface area contributed by atoms with Crippen molar-refractivity contribution >= 4 is 17.0 Å². The normalized spacial score (nSPS) is 16.8. The fourth-order valence-corrected chi connectivity index (χ4v) is 2.77. The van der Waals surface area contributed by atoms with Crippen molar-refractivity contribution in [3.05, 3.63) is 29.6 Å². The molecule has 5 heteroatoms. The highest BCUT2D eigenvalue weighted by atomic mass is 16.4. The summed E-state index contributed by atoms with van der Waals surface area (Å²) >= 11 is 0. The largest absolute Gasteiger partial charge is 0.478 e. The number of para-hydroxylation sites is 1. The molecule has 20 heavy (non-hydrogen) atoms. The second-order valence-corrected chi connectivity index (χ2v) is 5.82. The maximum Gasteiger partial charge on any atom is 0.337 e. The maximum absolute atomic E-state index is 11.3. The van der Waals surface area contributed by atoms with Crippen LogP contribution in [0.2, 0.25) is 0 Å². The zero-order valence-corrected chi connectivity index (χ0v) is 11.6. The molecule has 106 valence electrons. The minimum absolute atomic E-state index is 0.0650. The average Bonchev–Trinajstić information content (AvgIpc) is 3.10. The highest BCUT2D eigenvalue weighted by Gasteiger charge is 2.46. The Morgan fingerprint density at radius 2 is 2.15 bits per heavy atom. The van der Waals surface area contributed by atoms with E-state index >= 15 is 0 Å². The minimum atomic E-state index is -0.968. The number of carbonyl (C=O) groups is 1. The smallest absolute Gasteiger partial charge is 0.337 e. The molecule has 0 bridgehead atoms. The lowest BCUT2D eigenvalue weighted by atomic mass is 10.1. The van der Waals surface area contributed by atoms with Crippen molar-refractivity contribution in [3.63, 3.8) is 0 Å². The molecule has 1 fully saturated rings. The number of imidazole rings is 1. The van der Waals surface area contributed by atoms with Gasteiger partial charge in [0.2, 0.25) is 0 Å². The van der Waals surface area contributed by atoms with Crippen LogP contribution in [0.3, 0.4) is 0 Å². The Hall–Kier alpha value is -1.88. The number of carboxylic acids is 1. The molecule has 3 rings (SSSR count). The van der Waals surface area contributed by atoms with Crippen molar-refractivity contribution in [2.24, 2.45) is 0 Å². The molecule has 0 radical (unpaired) electrons. The molecule has 5 nitrogen and oxygen atoms in total. The molecule has 0 unspecified atom stereocenters. The van der Waals surface area contributed by atoms with Gasteiger partial charge in [0, 0.05) is 5.92 Å². The Morgan fingerprint density at radius 3 is 2.65 bits per heavy atom. The van der Waals surface area contributed by atoms with E-state index in [-0.39, 0.29) is 23.6 Å². The zero-order valence-electron chi connectivity index (χ0n) is 11.6. The number of aliphatic hydroxyl groups is 1. The van der Waals surface area contributed by atoms with Gasteiger partial charge in [-0.2, -0.15) is 0 Å². The van der Waals surface area contributed by atoms with E-state index in [0.29, 0.717) is 5.52 Å². The van der Waals surface area contributed by atoms with E-state index in [1.54, 1.807) is 12.1 Å². The lowest BCUT2D eigenvalue weighted by Gasteiger charge is -2.20. The van der Waals surface area contributed by atoms with Gasteiger partial charge in [0.15, 0.2) is 0 Å². The van der Waals surface area contributed by atoms with Gasteiger partial charge in [0.1, 0.15) is 11.3 Å². The fourth-order valence-electron chi connectivity index (χ4n) is 2.77. The van der Waals surface area contributed by atoms with Gasteiger partial charge in [0.05, 0.1) is 23.2 Å². The van der Waals surface area contributed by atoms with Crippen LogP contribution in [0.4, 0.5) is 0 Å². The summed E-state index contributed by atoms with van der Waals surface area (Å²) in [6.45, 7) is 4.13. The van der Waals surface area contributed by atoms with E-state index in [1.807, 2.05) is 19.9 Å². The summed E-state index contributed by atoms with van der Waals surface area (Å²) in [7, 11) is 0. The predicted octanol–water partition coefficient (Wildman–Crippen LogP) is 2.34. The van der Waals surface area contributed by atoms with E-state index in [1.165, 1.54) is 0 Å². The van der Waals surface area contributed by atoms with Crippen molar-refractivity contribution < 1.29 is 15.0 Å². The summed E-state index contributed by atoms with van der Waals surface area (Å²) < 4.78 is 2.06. The van der Waals surface area contributed by atoms with Crippen LogP contribution in [0.5, 0.6) is 0 Å². The van der Waals surface area contributed by atoms with Crippen LogP contribution in [-0.2, 0) is 5.54 Å². The number of aromatic nitrogens is 2.